The highest BCUT2D eigenvalue weighted by Crippen LogP contribution is 2.31. The van der Waals surface area contributed by atoms with Gasteiger partial charge in [-0.25, -0.2) is 4.39 Å². The highest BCUT2D eigenvalue weighted by Gasteiger charge is 2.33. The van der Waals surface area contributed by atoms with Gasteiger partial charge < -0.3 is 0 Å². The number of likely N-dealkylation sites (N-methyl/N-ethyl adjacent to an activating group) is 1. The van der Waals surface area contributed by atoms with Crippen molar-refractivity contribution in [3.63, 3.8) is 0 Å². The fourth-order valence-electron chi connectivity index (χ4n) is 3.08. The van der Waals surface area contributed by atoms with Gasteiger partial charge in [-0.15, -0.1) is 0 Å². The van der Waals surface area contributed by atoms with Crippen LogP contribution in [0.4, 0.5) is 17.6 Å². The third-order valence-corrected chi connectivity index (χ3v) is 4.99. The van der Waals surface area contributed by atoms with Crippen molar-refractivity contribution in [2.75, 3.05) is 19.6 Å². The Hall–Kier alpha value is -2.52. The summed E-state index contributed by atoms with van der Waals surface area (Å²) in [4.78, 5) is 2.40. The standard InChI is InChI=1S/C13H16FN.C7H4F3N3S/c1-2-15-9-7-12(8-10-15)11-3-5-13(14)6-4-11;8-7(9,10)4-2-1-3-13-5(4)11-12-6(13)14/h3-7H,2,8-10H2,1H3;1-3H,(H,12,14). The molecule has 0 atom stereocenters. The van der Waals surface area contributed by atoms with Crippen LogP contribution < -0.4 is 0 Å². The molecule has 1 aliphatic heterocycles. The summed E-state index contributed by atoms with van der Waals surface area (Å²) in [6, 6.07) is 9.03. The van der Waals surface area contributed by atoms with Crippen molar-refractivity contribution in [3.8, 4) is 0 Å². The molecular formula is C20H20F4N4S. The lowest BCUT2D eigenvalue weighted by Gasteiger charge is -2.24. The van der Waals surface area contributed by atoms with Gasteiger partial charge in [-0.1, -0.05) is 25.1 Å². The van der Waals surface area contributed by atoms with Gasteiger partial charge in [0.2, 0.25) is 0 Å². The van der Waals surface area contributed by atoms with Crippen LogP contribution in [0.2, 0.25) is 0 Å². The Balaban J connectivity index is 0.000000166. The van der Waals surface area contributed by atoms with E-state index in [1.165, 1.54) is 34.4 Å². The minimum absolute atomic E-state index is 0.145. The van der Waals surface area contributed by atoms with Gasteiger partial charge in [0.15, 0.2) is 10.4 Å². The van der Waals surface area contributed by atoms with Crippen LogP contribution >= 0.6 is 12.2 Å². The molecule has 4 nitrogen and oxygen atoms in total. The third-order valence-electron chi connectivity index (χ3n) is 4.70. The number of alkyl halides is 3. The molecule has 0 bridgehead atoms. The maximum absolute atomic E-state index is 12.7. The Labute approximate surface area is 170 Å². The van der Waals surface area contributed by atoms with Crippen molar-refractivity contribution >= 4 is 23.4 Å². The highest BCUT2D eigenvalue weighted by atomic mass is 32.1. The summed E-state index contributed by atoms with van der Waals surface area (Å²) >= 11 is 4.75. The first-order chi connectivity index (χ1) is 13.8. The number of aromatic amines is 1. The lowest BCUT2D eigenvalue weighted by Crippen LogP contribution is -2.27. The van der Waals surface area contributed by atoms with Gasteiger partial charge in [0.1, 0.15) is 11.4 Å². The van der Waals surface area contributed by atoms with Crippen molar-refractivity contribution in [1.29, 1.82) is 0 Å². The van der Waals surface area contributed by atoms with Crippen LogP contribution in [0, 0.1) is 10.6 Å². The number of nitrogens with one attached hydrogen (secondary N) is 1. The van der Waals surface area contributed by atoms with E-state index in [-0.39, 0.29) is 16.2 Å². The fraction of sp³-hybridized carbons (Fsp3) is 0.300. The number of aromatic nitrogens is 3. The molecule has 0 amide bonds. The van der Waals surface area contributed by atoms with E-state index in [4.69, 9.17) is 12.2 Å². The molecule has 0 fully saturated rings. The Bertz CT molecular complexity index is 1050. The molecule has 9 heteroatoms. The van der Waals surface area contributed by atoms with E-state index < -0.39 is 11.7 Å². The first-order valence-corrected chi connectivity index (χ1v) is 9.50. The van der Waals surface area contributed by atoms with Crippen LogP contribution in [0.15, 0.2) is 48.7 Å². The van der Waals surface area contributed by atoms with E-state index in [9.17, 15) is 17.6 Å². The molecule has 0 saturated carbocycles. The van der Waals surface area contributed by atoms with Gasteiger partial charge in [-0.2, -0.15) is 18.3 Å². The SMILES string of the molecule is CCN1CC=C(c2ccc(F)cc2)CC1.FC(F)(F)c1cccn2c(=S)[nH]nc12. The molecule has 0 unspecified atom stereocenters. The smallest absolute Gasteiger partial charge is 0.300 e. The number of fused-ring (bicyclic) bond motifs is 1. The van der Waals surface area contributed by atoms with Crippen LogP contribution in [0.3, 0.4) is 0 Å². The van der Waals surface area contributed by atoms with Crippen LogP contribution in [0.1, 0.15) is 24.5 Å². The summed E-state index contributed by atoms with van der Waals surface area (Å²) in [6.45, 7) is 5.41. The minimum atomic E-state index is -4.41. The molecule has 1 aliphatic rings. The van der Waals surface area contributed by atoms with Crippen molar-refractivity contribution < 1.29 is 17.6 Å². The number of hydrogen-bond donors (Lipinski definition) is 1. The second-order valence-electron chi connectivity index (χ2n) is 6.52. The molecule has 1 N–H and O–H groups in total. The van der Waals surface area contributed by atoms with E-state index in [0.717, 1.165) is 37.7 Å². The second kappa shape index (κ2) is 8.87. The summed E-state index contributed by atoms with van der Waals surface area (Å²) < 4.78 is 51.3. The maximum atomic E-state index is 12.7. The van der Waals surface area contributed by atoms with Crippen LogP contribution in [-0.4, -0.2) is 39.1 Å². The summed E-state index contributed by atoms with van der Waals surface area (Å²) in [5, 5.41) is 5.82. The molecule has 2 aromatic heterocycles. The van der Waals surface area contributed by atoms with E-state index in [1.807, 2.05) is 12.1 Å². The summed E-state index contributed by atoms with van der Waals surface area (Å²) in [7, 11) is 0. The molecule has 0 spiro atoms. The zero-order valence-electron chi connectivity index (χ0n) is 15.7. The number of hydrogen-bond acceptors (Lipinski definition) is 3. The predicted molar refractivity (Wildman–Crippen MR) is 106 cm³/mol. The zero-order valence-corrected chi connectivity index (χ0v) is 16.5. The molecule has 3 heterocycles. The van der Waals surface area contributed by atoms with Gasteiger partial charge in [0, 0.05) is 19.3 Å². The highest BCUT2D eigenvalue weighted by molar-refractivity contribution is 7.71. The molecule has 29 heavy (non-hydrogen) atoms. The topological polar surface area (TPSA) is 36.3 Å². The Morgan fingerprint density at radius 2 is 1.90 bits per heavy atom. The number of H-pyrrole nitrogens is 1. The summed E-state index contributed by atoms with van der Waals surface area (Å²) in [6.07, 6.45) is 0.333. The zero-order chi connectivity index (χ0) is 21.0. The normalized spacial score (nSPS) is 15.0. The fourth-order valence-corrected chi connectivity index (χ4v) is 3.27. The number of benzene rings is 1. The van der Waals surface area contributed by atoms with Gasteiger partial charge in [-0.3, -0.25) is 14.4 Å². The predicted octanol–water partition coefficient (Wildman–Crippen LogP) is 5.35. The number of pyridine rings is 1. The van der Waals surface area contributed by atoms with E-state index >= 15 is 0 Å². The van der Waals surface area contributed by atoms with E-state index in [2.05, 4.69) is 28.1 Å². The van der Waals surface area contributed by atoms with E-state index in [1.54, 1.807) is 0 Å². The number of nitrogens with zero attached hydrogens (tertiary/aromatic N) is 3. The second-order valence-corrected chi connectivity index (χ2v) is 6.91. The monoisotopic (exact) mass is 424 g/mol. The van der Waals surface area contributed by atoms with Crippen LogP contribution in [-0.2, 0) is 6.18 Å². The third kappa shape index (κ3) is 5.10. The molecule has 0 aliphatic carbocycles. The number of halogens is 4. The molecule has 0 saturated heterocycles. The lowest BCUT2D eigenvalue weighted by molar-refractivity contribution is -0.136. The molecule has 3 aromatic rings. The average molecular weight is 424 g/mol. The molecular weight excluding hydrogens is 404 g/mol. The molecule has 0 radical (unpaired) electrons. The Morgan fingerprint density at radius 1 is 1.17 bits per heavy atom. The lowest BCUT2D eigenvalue weighted by atomic mass is 9.99. The summed E-state index contributed by atoms with van der Waals surface area (Å²) in [5.41, 5.74) is 1.50. The van der Waals surface area contributed by atoms with Gasteiger partial charge >= 0.3 is 6.18 Å². The quantitative estimate of drug-likeness (QED) is 0.445. The number of rotatable bonds is 2. The van der Waals surface area contributed by atoms with Crippen LogP contribution in [0.5, 0.6) is 0 Å². The minimum Gasteiger partial charge on any atom is -0.300 e. The van der Waals surface area contributed by atoms with Crippen molar-refractivity contribution in [2.24, 2.45) is 0 Å². The van der Waals surface area contributed by atoms with Gasteiger partial charge in [0.25, 0.3) is 0 Å². The molecule has 1 aromatic carbocycles. The van der Waals surface area contributed by atoms with Crippen LogP contribution in [0.25, 0.3) is 11.2 Å². The largest absolute Gasteiger partial charge is 0.420 e. The average Bonchev–Trinajstić information content (AvgIpc) is 3.09. The Morgan fingerprint density at radius 3 is 2.48 bits per heavy atom. The van der Waals surface area contributed by atoms with Crippen molar-refractivity contribution in [1.82, 2.24) is 19.5 Å². The first-order valence-electron chi connectivity index (χ1n) is 9.10. The Kier molecular flexibility index (Phi) is 6.49. The van der Waals surface area contributed by atoms with Gasteiger partial charge in [0.05, 0.1) is 0 Å². The summed E-state index contributed by atoms with van der Waals surface area (Å²) in [5.74, 6) is -0.162. The van der Waals surface area contributed by atoms with Gasteiger partial charge in [-0.05, 0) is 60.6 Å². The first kappa shape index (κ1) is 21.2. The van der Waals surface area contributed by atoms with E-state index in [0.29, 0.717) is 0 Å². The molecule has 4 rings (SSSR count). The maximum Gasteiger partial charge on any atom is 0.420 e. The van der Waals surface area contributed by atoms with Crippen molar-refractivity contribution in [3.05, 3.63) is 70.4 Å². The van der Waals surface area contributed by atoms with Crippen molar-refractivity contribution in [2.45, 2.75) is 19.5 Å². The molecule has 154 valence electrons.